The fourth-order valence-electron chi connectivity index (χ4n) is 6.93. The number of carbonyl (C=O) groups is 2. The van der Waals surface area contributed by atoms with Gasteiger partial charge in [-0.25, -0.2) is 0 Å². The first-order valence-electron chi connectivity index (χ1n) is 19.0. The Balaban J connectivity index is 0.000000313. The molecule has 0 saturated carbocycles. The highest BCUT2D eigenvalue weighted by atomic mass is 32.1. The third-order valence-corrected chi connectivity index (χ3v) is 10.2. The first-order valence-corrected chi connectivity index (χ1v) is 19.5. The molecule has 2 aliphatic rings. The van der Waals surface area contributed by atoms with Crippen molar-refractivity contribution in [1.29, 1.82) is 0 Å². The molecule has 0 unspecified atom stereocenters. The molecule has 3 N–H and O–H groups in total. The quantitative estimate of drug-likeness (QED) is 0.0611. The first kappa shape index (κ1) is 40.5. The number of amides is 2. The van der Waals surface area contributed by atoms with Gasteiger partial charge < -0.3 is 25.5 Å². The average Bonchev–Trinajstić information content (AvgIpc) is 3.19. The third-order valence-electron chi connectivity index (χ3n) is 10.0. The van der Waals surface area contributed by atoms with E-state index in [0.717, 1.165) is 54.4 Å². The number of phenolic OH excluding ortho intramolecular Hbond substituents is 1. The number of aromatic hydroxyl groups is 1. The summed E-state index contributed by atoms with van der Waals surface area (Å²) in [5.41, 5.74) is 6.19. The minimum atomic E-state index is -0.290. The van der Waals surface area contributed by atoms with Crippen molar-refractivity contribution in [2.24, 2.45) is 0 Å². The fraction of sp³-hybridized carbons (Fsp3) is 0.409. The number of nitrogens with zero attached hydrogens (tertiary/aromatic N) is 2. The molecule has 0 aromatic heterocycles. The number of anilines is 1. The normalized spacial score (nSPS) is 15.7. The summed E-state index contributed by atoms with van der Waals surface area (Å²) in [7, 11) is 0. The Morgan fingerprint density at radius 1 is 0.923 bits per heavy atom. The zero-order valence-electron chi connectivity index (χ0n) is 31.4. The van der Waals surface area contributed by atoms with Gasteiger partial charge in [-0.15, -0.1) is 0 Å². The molecule has 2 saturated heterocycles. The molecule has 8 heteroatoms. The molecule has 7 nitrogen and oxygen atoms in total. The second-order valence-electron chi connectivity index (χ2n) is 13.7. The lowest BCUT2D eigenvalue weighted by atomic mass is 9.99. The van der Waals surface area contributed by atoms with Crippen LogP contribution >= 0.6 is 12.6 Å². The van der Waals surface area contributed by atoms with Crippen molar-refractivity contribution in [3.63, 3.8) is 0 Å². The largest absolute Gasteiger partial charge is 0.506 e. The maximum absolute atomic E-state index is 13.1. The van der Waals surface area contributed by atoms with Crippen molar-refractivity contribution in [3.8, 4) is 16.9 Å². The van der Waals surface area contributed by atoms with Crippen LogP contribution in [0, 0.1) is 0 Å². The van der Waals surface area contributed by atoms with Crippen LogP contribution in [0.2, 0.25) is 0 Å². The molecule has 0 spiro atoms. The van der Waals surface area contributed by atoms with Crippen LogP contribution in [0.5, 0.6) is 5.75 Å². The van der Waals surface area contributed by atoms with Crippen molar-refractivity contribution < 1.29 is 14.7 Å². The third kappa shape index (κ3) is 11.9. The van der Waals surface area contributed by atoms with Crippen LogP contribution in [-0.2, 0) is 4.79 Å². The predicted octanol–water partition coefficient (Wildman–Crippen LogP) is 10.0. The Morgan fingerprint density at radius 2 is 1.62 bits per heavy atom. The summed E-state index contributed by atoms with van der Waals surface area (Å²) < 4.78 is 0. The van der Waals surface area contributed by atoms with E-state index >= 15 is 0 Å². The van der Waals surface area contributed by atoms with E-state index in [9.17, 15) is 14.7 Å². The van der Waals surface area contributed by atoms with E-state index in [2.05, 4.69) is 48.6 Å². The number of carbonyl (C=O) groups excluding carboxylic acids is 2. The van der Waals surface area contributed by atoms with E-state index in [1.54, 1.807) is 23.6 Å². The molecule has 2 aliphatic heterocycles. The minimum absolute atomic E-state index is 0.0315. The highest BCUT2D eigenvalue weighted by molar-refractivity contribution is 7.83. The molecule has 0 atom stereocenters. The number of benzene rings is 3. The number of allylic oxidation sites excluding steroid dienone is 2. The van der Waals surface area contributed by atoms with Gasteiger partial charge in [-0.1, -0.05) is 94.3 Å². The van der Waals surface area contributed by atoms with E-state index in [-0.39, 0.29) is 11.7 Å². The number of likely N-dealkylation sites (tertiary alicyclic amines) is 2. The zero-order valence-corrected chi connectivity index (χ0v) is 32.3. The molecule has 0 bridgehead atoms. The van der Waals surface area contributed by atoms with Crippen LogP contribution in [-0.4, -0.2) is 58.9 Å². The van der Waals surface area contributed by atoms with Gasteiger partial charge in [0, 0.05) is 48.1 Å². The van der Waals surface area contributed by atoms with Crippen molar-refractivity contribution >= 4 is 35.8 Å². The Morgan fingerprint density at radius 3 is 2.27 bits per heavy atom. The monoisotopic (exact) mass is 722 g/mol. The summed E-state index contributed by atoms with van der Waals surface area (Å²) >= 11 is 4.23. The number of unbranched alkanes of at least 4 members (excludes halogenated alkanes) is 2. The molecular formula is C44H58N4O3S. The topological polar surface area (TPSA) is 84.9 Å². The van der Waals surface area contributed by atoms with Crippen LogP contribution in [0.25, 0.3) is 16.8 Å². The second-order valence-corrected chi connectivity index (χ2v) is 14.0. The Hall–Kier alpha value is -4.27. The number of thiol groups is 1. The molecule has 278 valence electrons. The standard InChI is InChI=1S/C31H34N2O2S.C13H24N2O/c1-4-5-7-12-22(2)28(19-20-36)32-23(3)25-17-18-29(30(34)21-25)33-31(35)27-16-11-10-15-26(27)24-13-8-6-9-14-24;1-2-13(16)15-10-6-12(7-11-15)14-8-4-3-5-9-14/h6,8-11,13-21,32,34,36H,3-5,7,12H2,1-2H3,(H,33,35);12H,2-11H2,1H3/b20-19-,28-22-;. The number of hydrogen-bond donors (Lipinski definition) is 4. The summed E-state index contributed by atoms with van der Waals surface area (Å²) in [6, 6.07) is 23.0. The minimum Gasteiger partial charge on any atom is -0.506 e. The van der Waals surface area contributed by atoms with Gasteiger partial charge in [0.1, 0.15) is 5.75 Å². The highest BCUT2D eigenvalue weighted by Gasteiger charge is 2.26. The molecule has 52 heavy (non-hydrogen) atoms. The molecule has 2 fully saturated rings. The maximum atomic E-state index is 13.1. The summed E-state index contributed by atoms with van der Waals surface area (Å²) in [6.45, 7) is 14.9. The maximum Gasteiger partial charge on any atom is 0.256 e. The van der Waals surface area contributed by atoms with E-state index in [1.165, 1.54) is 63.6 Å². The lowest BCUT2D eigenvalue weighted by Crippen LogP contribution is -2.48. The van der Waals surface area contributed by atoms with Crippen molar-refractivity contribution in [2.75, 3.05) is 31.5 Å². The van der Waals surface area contributed by atoms with Crippen LogP contribution in [0.1, 0.15) is 101 Å². The van der Waals surface area contributed by atoms with Gasteiger partial charge in [-0.3, -0.25) is 9.59 Å². The molecule has 3 aromatic rings. The van der Waals surface area contributed by atoms with E-state index < -0.39 is 0 Å². The van der Waals surface area contributed by atoms with E-state index in [0.29, 0.717) is 29.3 Å². The number of rotatable bonds is 13. The predicted molar refractivity (Wildman–Crippen MR) is 220 cm³/mol. The summed E-state index contributed by atoms with van der Waals surface area (Å²) in [4.78, 5) is 29.4. The second kappa shape index (κ2) is 21.3. The van der Waals surface area contributed by atoms with Crippen molar-refractivity contribution in [1.82, 2.24) is 15.1 Å². The first-order chi connectivity index (χ1) is 25.2. The highest BCUT2D eigenvalue weighted by Crippen LogP contribution is 2.30. The summed E-state index contributed by atoms with van der Waals surface area (Å²) in [5.74, 6) is 0.00863. The number of hydrogen-bond acceptors (Lipinski definition) is 6. The summed E-state index contributed by atoms with van der Waals surface area (Å²) in [5, 5.41) is 18.6. The van der Waals surface area contributed by atoms with Gasteiger partial charge >= 0.3 is 0 Å². The van der Waals surface area contributed by atoms with Gasteiger partial charge in [0.2, 0.25) is 5.91 Å². The van der Waals surface area contributed by atoms with Gasteiger partial charge in [0.25, 0.3) is 5.91 Å². The molecule has 2 amide bonds. The molecule has 2 heterocycles. The van der Waals surface area contributed by atoms with E-state index in [4.69, 9.17) is 0 Å². The van der Waals surface area contributed by atoms with Crippen LogP contribution in [0.3, 0.4) is 0 Å². The van der Waals surface area contributed by atoms with Gasteiger partial charge in [-0.05, 0) is 105 Å². The van der Waals surface area contributed by atoms with Crippen molar-refractivity contribution in [3.05, 3.63) is 113 Å². The van der Waals surface area contributed by atoms with Gasteiger partial charge in [0.15, 0.2) is 0 Å². The Kier molecular flexibility index (Phi) is 16.6. The lowest BCUT2D eigenvalue weighted by molar-refractivity contribution is -0.132. The van der Waals surface area contributed by atoms with E-state index in [1.807, 2.05) is 72.5 Å². The van der Waals surface area contributed by atoms with Crippen molar-refractivity contribution in [2.45, 2.75) is 91.0 Å². The molecule has 5 rings (SSSR count). The molecule has 0 radical (unpaired) electrons. The summed E-state index contributed by atoms with van der Waals surface area (Å²) in [6.07, 6.45) is 13.6. The van der Waals surface area contributed by atoms with Gasteiger partial charge in [-0.2, -0.15) is 12.6 Å². The number of piperidine rings is 2. The smallest absolute Gasteiger partial charge is 0.256 e. The lowest BCUT2D eigenvalue weighted by Gasteiger charge is -2.40. The Labute approximate surface area is 317 Å². The number of phenols is 1. The molecule has 0 aliphatic carbocycles. The van der Waals surface area contributed by atoms with Crippen LogP contribution in [0.4, 0.5) is 5.69 Å². The SMILES string of the molecule is C=C(NC(/C=C\S)=C(/C)CCCCC)c1ccc(NC(=O)c2ccccc2-c2ccccc2)c(O)c1.CCC(=O)N1CCC(N2CCCCC2)CC1. The molecular weight excluding hydrogens is 665 g/mol. The van der Waals surface area contributed by atoms with Crippen LogP contribution in [0.15, 0.2) is 102 Å². The Bertz CT molecular complexity index is 1670. The van der Waals surface area contributed by atoms with Crippen LogP contribution < -0.4 is 10.6 Å². The fourth-order valence-corrected chi connectivity index (χ4v) is 7.08. The number of nitrogens with one attached hydrogen (secondary N) is 2. The zero-order chi connectivity index (χ0) is 37.3. The molecule has 3 aromatic carbocycles. The van der Waals surface area contributed by atoms with Gasteiger partial charge in [0.05, 0.1) is 5.69 Å². The average molecular weight is 723 g/mol.